The molecule has 1 aromatic rings. The maximum atomic E-state index is 10.0. The van der Waals surface area contributed by atoms with Gasteiger partial charge in [-0.15, -0.1) is 0 Å². The van der Waals surface area contributed by atoms with E-state index in [1.807, 2.05) is 18.2 Å². The first-order valence-corrected chi connectivity index (χ1v) is 7.29. The fourth-order valence-corrected chi connectivity index (χ4v) is 2.59. The molecular formula is C16H25NO2. The van der Waals surface area contributed by atoms with Crippen LogP contribution in [0.25, 0.3) is 0 Å². The summed E-state index contributed by atoms with van der Waals surface area (Å²) in [5.41, 5.74) is 1.20. The lowest BCUT2D eigenvalue weighted by Gasteiger charge is -2.20. The van der Waals surface area contributed by atoms with Crippen molar-refractivity contribution < 1.29 is 9.84 Å². The van der Waals surface area contributed by atoms with Gasteiger partial charge in [0, 0.05) is 6.54 Å². The van der Waals surface area contributed by atoms with E-state index in [0.717, 1.165) is 25.4 Å². The van der Waals surface area contributed by atoms with Crippen molar-refractivity contribution in [1.29, 1.82) is 0 Å². The first-order chi connectivity index (χ1) is 9.16. The molecule has 0 unspecified atom stereocenters. The standard InChI is InChI=1S/C16H25NO2/c1-13(2)15-7-3-4-8-16(15)19-12-14(18)11-17-9-5-6-10-17/h3-4,7-8,13-14,18H,5-6,9-12H2,1-2H3/t14-/m1/s1. The highest BCUT2D eigenvalue weighted by Crippen LogP contribution is 2.25. The van der Waals surface area contributed by atoms with Crippen molar-refractivity contribution >= 4 is 0 Å². The summed E-state index contributed by atoms with van der Waals surface area (Å²) in [5.74, 6) is 1.34. The highest BCUT2D eigenvalue weighted by atomic mass is 16.5. The molecule has 1 atom stereocenters. The molecule has 1 aliphatic rings. The third-order valence-electron chi connectivity index (χ3n) is 3.64. The number of benzene rings is 1. The van der Waals surface area contributed by atoms with Crippen molar-refractivity contribution in [2.45, 2.75) is 38.7 Å². The van der Waals surface area contributed by atoms with Crippen LogP contribution in [-0.2, 0) is 0 Å². The Morgan fingerprint density at radius 1 is 1.21 bits per heavy atom. The van der Waals surface area contributed by atoms with E-state index in [1.165, 1.54) is 18.4 Å². The van der Waals surface area contributed by atoms with Crippen LogP contribution in [-0.4, -0.2) is 42.4 Å². The fourth-order valence-electron chi connectivity index (χ4n) is 2.59. The molecule has 0 aliphatic carbocycles. The minimum Gasteiger partial charge on any atom is -0.491 e. The zero-order valence-corrected chi connectivity index (χ0v) is 12.0. The molecule has 0 radical (unpaired) electrons. The Morgan fingerprint density at radius 2 is 1.89 bits per heavy atom. The molecule has 0 spiro atoms. The van der Waals surface area contributed by atoms with E-state index in [4.69, 9.17) is 4.74 Å². The van der Waals surface area contributed by atoms with Crippen LogP contribution in [0.1, 0.15) is 38.2 Å². The molecule has 1 fully saturated rings. The number of aliphatic hydroxyl groups excluding tert-OH is 1. The van der Waals surface area contributed by atoms with Crippen molar-refractivity contribution in [3.05, 3.63) is 29.8 Å². The van der Waals surface area contributed by atoms with Gasteiger partial charge in [-0.3, -0.25) is 0 Å². The lowest BCUT2D eigenvalue weighted by atomic mass is 10.0. The Bertz CT molecular complexity index is 386. The van der Waals surface area contributed by atoms with Gasteiger partial charge in [0.25, 0.3) is 0 Å². The smallest absolute Gasteiger partial charge is 0.122 e. The van der Waals surface area contributed by atoms with E-state index in [0.29, 0.717) is 12.5 Å². The summed E-state index contributed by atoms with van der Waals surface area (Å²) in [6.07, 6.45) is 2.10. The molecule has 0 amide bonds. The van der Waals surface area contributed by atoms with Crippen LogP contribution >= 0.6 is 0 Å². The fraction of sp³-hybridized carbons (Fsp3) is 0.625. The van der Waals surface area contributed by atoms with Gasteiger partial charge < -0.3 is 14.7 Å². The third-order valence-corrected chi connectivity index (χ3v) is 3.64. The van der Waals surface area contributed by atoms with Crippen molar-refractivity contribution in [3.8, 4) is 5.75 Å². The number of ether oxygens (including phenoxy) is 1. The summed E-state index contributed by atoms with van der Waals surface area (Å²) >= 11 is 0. The molecular weight excluding hydrogens is 238 g/mol. The molecule has 0 saturated carbocycles. The van der Waals surface area contributed by atoms with Gasteiger partial charge in [0.1, 0.15) is 18.5 Å². The second-order valence-electron chi connectivity index (χ2n) is 5.67. The predicted octanol–water partition coefficient (Wildman–Crippen LogP) is 2.65. The molecule has 0 bridgehead atoms. The maximum absolute atomic E-state index is 10.0. The summed E-state index contributed by atoms with van der Waals surface area (Å²) in [4.78, 5) is 2.31. The van der Waals surface area contributed by atoms with E-state index < -0.39 is 6.10 Å². The van der Waals surface area contributed by atoms with E-state index >= 15 is 0 Å². The summed E-state index contributed by atoms with van der Waals surface area (Å²) in [7, 11) is 0. The van der Waals surface area contributed by atoms with E-state index in [9.17, 15) is 5.11 Å². The van der Waals surface area contributed by atoms with Crippen LogP contribution < -0.4 is 4.74 Å². The van der Waals surface area contributed by atoms with Crippen molar-refractivity contribution in [2.75, 3.05) is 26.2 Å². The number of hydrogen-bond acceptors (Lipinski definition) is 3. The van der Waals surface area contributed by atoms with Crippen LogP contribution in [0.15, 0.2) is 24.3 Å². The van der Waals surface area contributed by atoms with Crippen LogP contribution in [0.5, 0.6) is 5.75 Å². The maximum Gasteiger partial charge on any atom is 0.122 e. The van der Waals surface area contributed by atoms with E-state index in [1.54, 1.807) is 0 Å². The number of hydrogen-bond donors (Lipinski definition) is 1. The molecule has 1 saturated heterocycles. The normalized spacial score (nSPS) is 17.9. The van der Waals surface area contributed by atoms with E-state index in [2.05, 4.69) is 24.8 Å². The molecule has 1 N–H and O–H groups in total. The topological polar surface area (TPSA) is 32.7 Å². The molecule has 1 aliphatic heterocycles. The Morgan fingerprint density at radius 3 is 2.58 bits per heavy atom. The molecule has 3 nitrogen and oxygen atoms in total. The lowest BCUT2D eigenvalue weighted by molar-refractivity contribution is 0.0753. The second kappa shape index (κ2) is 6.92. The Balaban J connectivity index is 1.84. The van der Waals surface area contributed by atoms with Gasteiger partial charge in [-0.25, -0.2) is 0 Å². The van der Waals surface area contributed by atoms with E-state index in [-0.39, 0.29) is 0 Å². The predicted molar refractivity (Wildman–Crippen MR) is 77.7 cm³/mol. The first kappa shape index (κ1) is 14.4. The number of β-amino-alcohol motifs (C(OH)–C–C–N with tert-alkyl or cyclic N) is 1. The SMILES string of the molecule is CC(C)c1ccccc1OC[C@H](O)CN1CCCC1. The van der Waals surface area contributed by atoms with Gasteiger partial charge >= 0.3 is 0 Å². The summed E-state index contributed by atoms with van der Waals surface area (Å²) in [6.45, 7) is 7.63. The number of likely N-dealkylation sites (tertiary alicyclic amines) is 1. The van der Waals surface area contributed by atoms with Gasteiger partial charge in [0.15, 0.2) is 0 Å². The van der Waals surface area contributed by atoms with Gasteiger partial charge in [-0.1, -0.05) is 32.0 Å². The van der Waals surface area contributed by atoms with Gasteiger partial charge in [-0.2, -0.15) is 0 Å². The largest absolute Gasteiger partial charge is 0.491 e. The summed E-state index contributed by atoms with van der Waals surface area (Å²) in [6, 6.07) is 8.08. The zero-order valence-electron chi connectivity index (χ0n) is 12.0. The van der Waals surface area contributed by atoms with Gasteiger partial charge in [0.05, 0.1) is 0 Å². The minimum absolute atomic E-state index is 0.375. The van der Waals surface area contributed by atoms with Crippen molar-refractivity contribution in [3.63, 3.8) is 0 Å². The zero-order chi connectivity index (χ0) is 13.7. The van der Waals surface area contributed by atoms with Crippen LogP contribution in [0.4, 0.5) is 0 Å². The van der Waals surface area contributed by atoms with Crippen LogP contribution in [0, 0.1) is 0 Å². The van der Waals surface area contributed by atoms with Gasteiger partial charge in [0.2, 0.25) is 0 Å². The Kier molecular flexibility index (Phi) is 5.23. The highest BCUT2D eigenvalue weighted by molar-refractivity contribution is 5.35. The van der Waals surface area contributed by atoms with Crippen molar-refractivity contribution in [1.82, 2.24) is 4.90 Å². The average Bonchev–Trinajstić information content (AvgIpc) is 2.89. The molecule has 2 rings (SSSR count). The Labute approximate surface area is 116 Å². The van der Waals surface area contributed by atoms with Crippen LogP contribution in [0.2, 0.25) is 0 Å². The molecule has 1 aromatic carbocycles. The highest BCUT2D eigenvalue weighted by Gasteiger charge is 2.16. The first-order valence-electron chi connectivity index (χ1n) is 7.29. The number of aliphatic hydroxyl groups is 1. The molecule has 106 valence electrons. The van der Waals surface area contributed by atoms with Crippen LogP contribution in [0.3, 0.4) is 0 Å². The Hall–Kier alpha value is -1.06. The minimum atomic E-state index is -0.404. The summed E-state index contributed by atoms with van der Waals surface area (Å²) < 4.78 is 5.79. The molecule has 1 heterocycles. The lowest BCUT2D eigenvalue weighted by Crippen LogP contribution is -2.33. The number of rotatable bonds is 6. The molecule has 0 aromatic heterocycles. The third kappa shape index (κ3) is 4.22. The van der Waals surface area contributed by atoms with Gasteiger partial charge in [-0.05, 0) is 43.5 Å². The monoisotopic (exact) mass is 263 g/mol. The quantitative estimate of drug-likeness (QED) is 0.856. The average molecular weight is 263 g/mol. The number of para-hydroxylation sites is 1. The summed E-state index contributed by atoms with van der Waals surface area (Å²) in [5, 5.41) is 10.0. The number of nitrogens with zero attached hydrogens (tertiary/aromatic N) is 1. The second-order valence-corrected chi connectivity index (χ2v) is 5.67. The molecule has 3 heteroatoms. The van der Waals surface area contributed by atoms with Crippen molar-refractivity contribution in [2.24, 2.45) is 0 Å². The molecule has 19 heavy (non-hydrogen) atoms.